The molecular weight excluding hydrogens is 390 g/mol. The van der Waals surface area contributed by atoms with Crippen molar-refractivity contribution in [1.29, 1.82) is 0 Å². The number of halogens is 2. The van der Waals surface area contributed by atoms with E-state index in [1.165, 1.54) is 6.07 Å². The number of aromatic nitrogens is 3. The second kappa shape index (κ2) is 8.71. The molecule has 0 aliphatic carbocycles. The fourth-order valence-electron chi connectivity index (χ4n) is 3.68. The van der Waals surface area contributed by atoms with Crippen molar-refractivity contribution in [2.24, 2.45) is 0 Å². The summed E-state index contributed by atoms with van der Waals surface area (Å²) in [6.45, 7) is 1.02. The van der Waals surface area contributed by atoms with Crippen molar-refractivity contribution in [3.05, 3.63) is 70.3 Å². The molecule has 1 aliphatic heterocycles. The highest BCUT2D eigenvalue weighted by molar-refractivity contribution is 5.75. The normalized spacial score (nSPS) is 14.9. The quantitative estimate of drug-likeness (QED) is 0.618. The molecule has 0 amide bonds. The zero-order valence-electron chi connectivity index (χ0n) is 16.6. The van der Waals surface area contributed by atoms with Crippen molar-refractivity contribution < 1.29 is 13.5 Å². The van der Waals surface area contributed by atoms with E-state index in [-0.39, 0.29) is 11.4 Å². The van der Waals surface area contributed by atoms with Gasteiger partial charge in [0.2, 0.25) is 5.88 Å². The van der Waals surface area contributed by atoms with Crippen LogP contribution in [0.4, 0.5) is 8.78 Å². The Bertz CT molecular complexity index is 1130. The highest BCUT2D eigenvalue weighted by Crippen LogP contribution is 2.24. The average Bonchev–Trinajstić information content (AvgIpc) is 2.76. The molecule has 1 aliphatic rings. The van der Waals surface area contributed by atoms with Gasteiger partial charge >= 0.3 is 6.61 Å². The highest BCUT2D eigenvalue weighted by Gasteiger charge is 2.17. The van der Waals surface area contributed by atoms with Crippen LogP contribution in [-0.4, -0.2) is 39.1 Å². The van der Waals surface area contributed by atoms with Crippen LogP contribution >= 0.6 is 0 Å². The molecule has 156 valence electrons. The van der Waals surface area contributed by atoms with E-state index in [1.54, 1.807) is 23.0 Å². The lowest BCUT2D eigenvalue weighted by molar-refractivity contribution is -0.0528. The number of nitrogens with zero attached hydrogens (tertiary/aromatic N) is 4. The first-order valence-electron chi connectivity index (χ1n) is 9.85. The van der Waals surface area contributed by atoms with Gasteiger partial charge in [0.15, 0.2) is 0 Å². The molecule has 6 nitrogen and oxygen atoms in total. The summed E-state index contributed by atoms with van der Waals surface area (Å²) < 4.78 is 30.6. The van der Waals surface area contributed by atoms with Crippen molar-refractivity contribution in [2.45, 2.75) is 33.0 Å². The van der Waals surface area contributed by atoms with Crippen molar-refractivity contribution in [2.75, 3.05) is 13.1 Å². The summed E-state index contributed by atoms with van der Waals surface area (Å²) in [5, 5.41) is 0. The van der Waals surface area contributed by atoms with Crippen LogP contribution in [0.5, 0.6) is 5.88 Å². The van der Waals surface area contributed by atoms with E-state index in [9.17, 15) is 13.6 Å². The van der Waals surface area contributed by atoms with Gasteiger partial charge in [-0.2, -0.15) is 8.78 Å². The van der Waals surface area contributed by atoms with Crippen molar-refractivity contribution in [3.63, 3.8) is 0 Å². The van der Waals surface area contributed by atoms with Gasteiger partial charge in [-0.15, -0.1) is 0 Å². The van der Waals surface area contributed by atoms with Crippen molar-refractivity contribution in [1.82, 2.24) is 19.4 Å². The number of hydrogen-bond donors (Lipinski definition) is 0. The number of alkyl halides is 2. The summed E-state index contributed by atoms with van der Waals surface area (Å²) in [5.41, 5.74) is 4.41. The third kappa shape index (κ3) is 4.23. The first kappa shape index (κ1) is 20.2. The summed E-state index contributed by atoms with van der Waals surface area (Å²) in [6.07, 6.45) is 6.80. The third-order valence-corrected chi connectivity index (χ3v) is 5.27. The van der Waals surface area contributed by atoms with E-state index in [2.05, 4.69) is 25.7 Å². The predicted molar refractivity (Wildman–Crippen MR) is 110 cm³/mol. The summed E-state index contributed by atoms with van der Waals surface area (Å²) in [5.74, 6) is -0.0949. The Balaban J connectivity index is 1.52. The molecule has 3 aromatic rings. The molecule has 0 unspecified atom stereocenters. The minimum Gasteiger partial charge on any atom is -0.417 e. The Morgan fingerprint density at radius 3 is 2.77 bits per heavy atom. The highest BCUT2D eigenvalue weighted by atomic mass is 19.3. The van der Waals surface area contributed by atoms with Gasteiger partial charge in [-0.05, 0) is 48.2 Å². The average molecular weight is 412 g/mol. The molecule has 0 fully saturated rings. The topological polar surface area (TPSA) is 60.3 Å². The standard InChI is InChI=1S/C22H22F2N4O2/c1-2-15-12-18-19(4-3-9-25-18)28(21(15)29)14-27-10-7-16(8-11-27)17-5-6-20(26-13-17)30-22(23)24/h3-7,9,12-13,22H,2,8,10-11,14H2,1H3. The largest absolute Gasteiger partial charge is 0.417 e. The third-order valence-electron chi connectivity index (χ3n) is 5.27. The van der Waals surface area contributed by atoms with Crippen LogP contribution in [0.2, 0.25) is 0 Å². The van der Waals surface area contributed by atoms with Crippen LogP contribution in [-0.2, 0) is 13.1 Å². The second-order valence-corrected chi connectivity index (χ2v) is 7.13. The molecule has 0 radical (unpaired) electrons. The van der Waals surface area contributed by atoms with Crippen LogP contribution < -0.4 is 10.3 Å². The summed E-state index contributed by atoms with van der Waals surface area (Å²) in [7, 11) is 0. The Kier molecular flexibility index (Phi) is 5.85. The molecule has 4 rings (SSSR count). The van der Waals surface area contributed by atoms with Crippen LogP contribution in [0, 0.1) is 0 Å². The summed E-state index contributed by atoms with van der Waals surface area (Å²) >= 11 is 0. The fraction of sp³-hybridized carbons (Fsp3) is 0.318. The van der Waals surface area contributed by atoms with Gasteiger partial charge in [0, 0.05) is 37.1 Å². The minimum atomic E-state index is -2.88. The maximum atomic E-state index is 12.9. The first-order valence-corrected chi connectivity index (χ1v) is 9.85. The zero-order valence-corrected chi connectivity index (χ0v) is 16.6. The van der Waals surface area contributed by atoms with Gasteiger partial charge in [0.1, 0.15) is 0 Å². The van der Waals surface area contributed by atoms with Gasteiger partial charge in [-0.3, -0.25) is 19.2 Å². The van der Waals surface area contributed by atoms with Crippen LogP contribution in [0.25, 0.3) is 16.6 Å². The Hall–Kier alpha value is -3.13. The molecule has 0 N–H and O–H groups in total. The molecule has 0 bridgehead atoms. The van der Waals surface area contributed by atoms with Crippen molar-refractivity contribution in [3.8, 4) is 5.88 Å². The lowest BCUT2D eigenvalue weighted by Gasteiger charge is -2.27. The van der Waals surface area contributed by atoms with E-state index < -0.39 is 6.61 Å². The number of rotatable bonds is 6. The van der Waals surface area contributed by atoms with E-state index in [0.717, 1.165) is 40.7 Å². The molecule has 0 aromatic carbocycles. The number of pyridine rings is 3. The maximum absolute atomic E-state index is 12.9. The summed E-state index contributed by atoms with van der Waals surface area (Å²) in [4.78, 5) is 23.4. The summed E-state index contributed by atoms with van der Waals surface area (Å²) in [6, 6.07) is 8.82. The Morgan fingerprint density at radius 1 is 1.23 bits per heavy atom. The molecule has 0 atom stereocenters. The zero-order chi connectivity index (χ0) is 21.1. The number of fused-ring (bicyclic) bond motifs is 1. The van der Waals surface area contributed by atoms with E-state index in [4.69, 9.17) is 0 Å². The fourth-order valence-corrected chi connectivity index (χ4v) is 3.68. The van der Waals surface area contributed by atoms with E-state index >= 15 is 0 Å². The smallest absolute Gasteiger partial charge is 0.388 e. The molecule has 4 heterocycles. The molecule has 3 aromatic heterocycles. The maximum Gasteiger partial charge on any atom is 0.388 e. The van der Waals surface area contributed by atoms with E-state index in [0.29, 0.717) is 19.6 Å². The first-order chi connectivity index (χ1) is 14.5. The lowest BCUT2D eigenvalue weighted by atomic mass is 10.0. The second-order valence-electron chi connectivity index (χ2n) is 7.13. The Labute approximate surface area is 172 Å². The van der Waals surface area contributed by atoms with Crippen LogP contribution in [0.15, 0.2) is 53.6 Å². The van der Waals surface area contributed by atoms with Gasteiger partial charge in [-0.1, -0.05) is 13.0 Å². The minimum absolute atomic E-state index is 0.0200. The number of ether oxygens (including phenoxy) is 1. The molecule has 0 saturated carbocycles. The van der Waals surface area contributed by atoms with E-state index in [1.807, 2.05) is 25.1 Å². The van der Waals surface area contributed by atoms with Gasteiger partial charge in [0.25, 0.3) is 5.56 Å². The molecular formula is C22H22F2N4O2. The predicted octanol–water partition coefficient (Wildman–Crippen LogP) is 3.70. The monoisotopic (exact) mass is 412 g/mol. The number of hydrogen-bond acceptors (Lipinski definition) is 5. The molecule has 8 heteroatoms. The Morgan fingerprint density at radius 2 is 2.10 bits per heavy atom. The lowest BCUT2D eigenvalue weighted by Crippen LogP contribution is -2.36. The molecule has 0 spiro atoms. The van der Waals surface area contributed by atoms with Gasteiger partial charge in [-0.25, -0.2) is 4.98 Å². The van der Waals surface area contributed by atoms with Gasteiger partial charge in [0.05, 0.1) is 17.7 Å². The van der Waals surface area contributed by atoms with Crippen LogP contribution in [0.3, 0.4) is 0 Å². The van der Waals surface area contributed by atoms with Crippen molar-refractivity contribution >= 4 is 16.6 Å². The van der Waals surface area contributed by atoms with Gasteiger partial charge < -0.3 is 4.74 Å². The SMILES string of the molecule is CCc1cc2ncccc2n(CN2CC=C(c3ccc(OC(F)F)nc3)CC2)c1=O. The molecule has 0 saturated heterocycles. The number of aryl methyl sites for hydroxylation is 1. The molecule has 30 heavy (non-hydrogen) atoms. The van der Waals surface area contributed by atoms with Crippen LogP contribution in [0.1, 0.15) is 24.5 Å².